The number of unbranched alkanes of at least 4 members (excludes halogenated alkanes) is 1. The van der Waals surface area contributed by atoms with Crippen LogP contribution in [-0.4, -0.2) is 41.0 Å². The van der Waals surface area contributed by atoms with E-state index in [-0.39, 0.29) is 0 Å². The van der Waals surface area contributed by atoms with E-state index in [0.717, 1.165) is 0 Å². The van der Waals surface area contributed by atoms with E-state index in [0.29, 0.717) is 25.8 Å². The molecular formula is C15H29NO5. The molecule has 0 aliphatic heterocycles. The maximum absolute atomic E-state index is 11.5. The summed E-state index contributed by atoms with van der Waals surface area (Å²) in [6.45, 7) is 11.1. The van der Waals surface area contributed by atoms with Gasteiger partial charge < -0.3 is 19.9 Å². The first-order valence-corrected chi connectivity index (χ1v) is 7.28. The quantitative estimate of drug-likeness (QED) is 0.581. The number of nitrogens with one attached hydrogen (secondary N) is 1. The van der Waals surface area contributed by atoms with Crippen LogP contribution in [0.4, 0.5) is 4.79 Å². The topological polar surface area (TPSA) is 84.9 Å². The fraction of sp³-hybridized carbons (Fsp3) is 0.867. The lowest BCUT2D eigenvalue weighted by Crippen LogP contribution is -2.33. The zero-order chi connectivity index (χ0) is 16.7. The number of ether oxygens (including phenoxy) is 2. The fourth-order valence-electron chi connectivity index (χ4n) is 1.45. The number of hydrogen-bond acceptors (Lipinski definition) is 5. The van der Waals surface area contributed by atoms with Crippen LogP contribution >= 0.6 is 0 Å². The SMILES string of the molecule is CC(C)(C)OC(=O)NCCCCC(O)C(=O)OC(C)(C)C. The van der Waals surface area contributed by atoms with Crippen LogP contribution in [0.2, 0.25) is 0 Å². The van der Waals surface area contributed by atoms with Crippen molar-refractivity contribution in [2.45, 2.75) is 78.1 Å². The number of aliphatic hydroxyl groups is 1. The lowest BCUT2D eigenvalue weighted by Gasteiger charge is -2.21. The van der Waals surface area contributed by atoms with Crippen molar-refractivity contribution in [3.63, 3.8) is 0 Å². The van der Waals surface area contributed by atoms with Gasteiger partial charge in [-0.3, -0.25) is 0 Å². The summed E-state index contributed by atoms with van der Waals surface area (Å²) in [6, 6.07) is 0. The van der Waals surface area contributed by atoms with E-state index < -0.39 is 29.4 Å². The standard InChI is InChI=1S/C15H29NO5/c1-14(2,3)20-12(18)11(17)9-7-8-10-16-13(19)21-15(4,5)6/h11,17H,7-10H2,1-6H3,(H,16,19). The molecule has 0 aromatic rings. The molecule has 0 saturated carbocycles. The van der Waals surface area contributed by atoms with E-state index in [9.17, 15) is 14.7 Å². The van der Waals surface area contributed by atoms with Crippen LogP contribution in [0.5, 0.6) is 0 Å². The molecule has 21 heavy (non-hydrogen) atoms. The molecule has 0 heterocycles. The van der Waals surface area contributed by atoms with Crippen LogP contribution in [0, 0.1) is 0 Å². The van der Waals surface area contributed by atoms with Gasteiger partial charge in [0.15, 0.2) is 6.10 Å². The highest BCUT2D eigenvalue weighted by atomic mass is 16.6. The van der Waals surface area contributed by atoms with E-state index in [1.807, 2.05) is 0 Å². The van der Waals surface area contributed by atoms with E-state index in [1.165, 1.54) is 0 Å². The van der Waals surface area contributed by atoms with Gasteiger partial charge in [0, 0.05) is 6.54 Å². The van der Waals surface area contributed by atoms with Crippen molar-refractivity contribution in [3.8, 4) is 0 Å². The molecule has 0 aromatic heterocycles. The molecule has 1 atom stereocenters. The zero-order valence-corrected chi connectivity index (χ0v) is 14.0. The summed E-state index contributed by atoms with van der Waals surface area (Å²) in [5, 5.41) is 12.3. The zero-order valence-electron chi connectivity index (χ0n) is 14.0. The minimum absolute atomic E-state index is 0.310. The molecule has 0 bridgehead atoms. The summed E-state index contributed by atoms with van der Waals surface area (Å²) in [5.41, 5.74) is -1.12. The number of rotatable bonds is 6. The Morgan fingerprint density at radius 3 is 2.00 bits per heavy atom. The van der Waals surface area contributed by atoms with Crippen LogP contribution in [0.1, 0.15) is 60.8 Å². The van der Waals surface area contributed by atoms with Gasteiger partial charge in [-0.1, -0.05) is 0 Å². The molecular weight excluding hydrogens is 274 g/mol. The number of carbonyl (C=O) groups is 2. The summed E-state index contributed by atoms with van der Waals surface area (Å²) in [7, 11) is 0. The first-order chi connectivity index (χ1) is 9.41. The maximum Gasteiger partial charge on any atom is 0.407 e. The predicted molar refractivity (Wildman–Crippen MR) is 79.9 cm³/mol. The third-order valence-corrected chi connectivity index (χ3v) is 2.25. The second-order valence-corrected chi connectivity index (χ2v) is 6.97. The molecule has 1 unspecified atom stereocenters. The monoisotopic (exact) mass is 303 g/mol. The summed E-state index contributed by atoms with van der Waals surface area (Å²) in [4.78, 5) is 22.9. The Morgan fingerprint density at radius 1 is 1.00 bits per heavy atom. The van der Waals surface area contributed by atoms with Gasteiger partial charge in [-0.15, -0.1) is 0 Å². The van der Waals surface area contributed by atoms with Crippen molar-refractivity contribution >= 4 is 12.1 Å². The van der Waals surface area contributed by atoms with Crippen LogP contribution in [0.25, 0.3) is 0 Å². The molecule has 0 aliphatic carbocycles. The van der Waals surface area contributed by atoms with Crippen LogP contribution in [0.15, 0.2) is 0 Å². The van der Waals surface area contributed by atoms with Crippen molar-refractivity contribution in [1.29, 1.82) is 0 Å². The molecule has 0 saturated heterocycles. The van der Waals surface area contributed by atoms with Gasteiger partial charge in [0.05, 0.1) is 0 Å². The first-order valence-electron chi connectivity index (χ1n) is 7.28. The smallest absolute Gasteiger partial charge is 0.407 e. The predicted octanol–water partition coefficient (Wildman–Crippen LogP) is 2.38. The van der Waals surface area contributed by atoms with Gasteiger partial charge in [-0.05, 0) is 60.8 Å². The van der Waals surface area contributed by atoms with Crippen LogP contribution < -0.4 is 5.32 Å². The fourth-order valence-corrected chi connectivity index (χ4v) is 1.45. The lowest BCUT2D eigenvalue weighted by molar-refractivity contribution is -0.165. The normalized spacial score (nSPS) is 13.5. The third-order valence-electron chi connectivity index (χ3n) is 2.25. The van der Waals surface area contributed by atoms with Gasteiger partial charge in [-0.2, -0.15) is 0 Å². The molecule has 0 radical (unpaired) electrons. The summed E-state index contributed by atoms with van der Waals surface area (Å²) >= 11 is 0. The Kier molecular flexibility index (Phi) is 7.71. The number of alkyl carbamates (subject to hydrolysis) is 1. The van der Waals surface area contributed by atoms with E-state index >= 15 is 0 Å². The molecule has 0 aliphatic rings. The Morgan fingerprint density at radius 2 is 1.52 bits per heavy atom. The molecule has 0 aromatic carbocycles. The van der Waals surface area contributed by atoms with E-state index in [1.54, 1.807) is 41.5 Å². The van der Waals surface area contributed by atoms with Gasteiger partial charge >= 0.3 is 12.1 Å². The van der Waals surface area contributed by atoms with Crippen LogP contribution in [0.3, 0.4) is 0 Å². The molecule has 124 valence electrons. The first kappa shape index (κ1) is 19.7. The molecule has 0 rings (SSSR count). The Balaban J connectivity index is 3.76. The van der Waals surface area contributed by atoms with Gasteiger partial charge in [0.25, 0.3) is 0 Å². The van der Waals surface area contributed by atoms with Gasteiger partial charge in [-0.25, -0.2) is 9.59 Å². The highest BCUT2D eigenvalue weighted by molar-refractivity contribution is 5.74. The van der Waals surface area contributed by atoms with E-state index in [2.05, 4.69) is 5.32 Å². The molecule has 0 fully saturated rings. The van der Waals surface area contributed by atoms with E-state index in [4.69, 9.17) is 9.47 Å². The molecule has 6 nitrogen and oxygen atoms in total. The average molecular weight is 303 g/mol. The average Bonchev–Trinajstić information content (AvgIpc) is 2.23. The Labute approximate surface area is 127 Å². The number of amides is 1. The molecule has 2 N–H and O–H groups in total. The van der Waals surface area contributed by atoms with Gasteiger partial charge in [0.1, 0.15) is 11.2 Å². The second-order valence-electron chi connectivity index (χ2n) is 6.97. The molecule has 1 amide bonds. The minimum Gasteiger partial charge on any atom is -0.458 e. The highest BCUT2D eigenvalue weighted by Crippen LogP contribution is 2.11. The molecule has 6 heteroatoms. The van der Waals surface area contributed by atoms with Gasteiger partial charge in [0.2, 0.25) is 0 Å². The summed E-state index contributed by atoms with van der Waals surface area (Å²) < 4.78 is 10.2. The number of aliphatic hydroxyl groups excluding tert-OH is 1. The Bertz CT molecular complexity index is 341. The second kappa shape index (κ2) is 8.22. The number of carbonyl (C=O) groups excluding carboxylic acids is 2. The van der Waals surface area contributed by atoms with Crippen molar-refractivity contribution in [2.24, 2.45) is 0 Å². The molecule has 0 spiro atoms. The largest absolute Gasteiger partial charge is 0.458 e. The number of esters is 1. The minimum atomic E-state index is -1.12. The Hall–Kier alpha value is -1.30. The summed E-state index contributed by atoms with van der Waals surface area (Å²) in [6.07, 6.45) is -0.0128. The summed E-state index contributed by atoms with van der Waals surface area (Å²) in [5.74, 6) is -0.609. The van der Waals surface area contributed by atoms with Crippen molar-refractivity contribution < 1.29 is 24.2 Å². The maximum atomic E-state index is 11.5. The number of hydrogen-bond donors (Lipinski definition) is 2. The highest BCUT2D eigenvalue weighted by Gasteiger charge is 2.22. The van der Waals surface area contributed by atoms with Crippen molar-refractivity contribution in [3.05, 3.63) is 0 Å². The van der Waals surface area contributed by atoms with Crippen molar-refractivity contribution in [1.82, 2.24) is 5.32 Å². The lowest BCUT2D eigenvalue weighted by atomic mass is 10.1. The van der Waals surface area contributed by atoms with Crippen LogP contribution in [-0.2, 0) is 14.3 Å². The van der Waals surface area contributed by atoms with Crippen molar-refractivity contribution in [2.75, 3.05) is 6.54 Å². The third kappa shape index (κ3) is 12.2.